The fourth-order valence-corrected chi connectivity index (χ4v) is 2.93. The third-order valence-electron chi connectivity index (χ3n) is 4.33. The fourth-order valence-electron chi connectivity index (χ4n) is 2.93. The normalized spacial score (nSPS) is 18.3. The molecule has 1 aromatic rings. The standard InChI is InChI=1S/C16H29N3/c1-4-8-18-9-5-15(6-10-18)7-11-19-13-16(12-17-19)14(2)3/h12-15H,4-11H2,1-3H3. The van der Waals surface area contributed by atoms with E-state index < -0.39 is 0 Å². The number of aryl methyl sites for hydroxylation is 1. The molecule has 0 aliphatic carbocycles. The highest BCUT2D eigenvalue weighted by atomic mass is 15.3. The summed E-state index contributed by atoms with van der Waals surface area (Å²) in [6.45, 7) is 11.7. The van der Waals surface area contributed by atoms with Crippen LogP contribution in [0.5, 0.6) is 0 Å². The van der Waals surface area contributed by atoms with Crippen LogP contribution >= 0.6 is 0 Å². The summed E-state index contributed by atoms with van der Waals surface area (Å²) in [7, 11) is 0. The van der Waals surface area contributed by atoms with Gasteiger partial charge >= 0.3 is 0 Å². The van der Waals surface area contributed by atoms with Crippen molar-refractivity contribution in [1.29, 1.82) is 0 Å². The van der Waals surface area contributed by atoms with E-state index in [0.29, 0.717) is 5.92 Å². The maximum Gasteiger partial charge on any atom is 0.0524 e. The average molecular weight is 263 g/mol. The smallest absolute Gasteiger partial charge is 0.0524 e. The van der Waals surface area contributed by atoms with Crippen molar-refractivity contribution in [3.05, 3.63) is 18.0 Å². The minimum atomic E-state index is 0.589. The largest absolute Gasteiger partial charge is 0.303 e. The minimum Gasteiger partial charge on any atom is -0.303 e. The van der Waals surface area contributed by atoms with Gasteiger partial charge in [0, 0.05) is 12.7 Å². The summed E-state index contributed by atoms with van der Waals surface area (Å²) in [6, 6.07) is 0. The van der Waals surface area contributed by atoms with E-state index in [-0.39, 0.29) is 0 Å². The topological polar surface area (TPSA) is 21.1 Å². The van der Waals surface area contributed by atoms with Crippen LogP contribution < -0.4 is 0 Å². The first-order valence-corrected chi connectivity index (χ1v) is 7.93. The molecular weight excluding hydrogens is 234 g/mol. The van der Waals surface area contributed by atoms with Crippen LogP contribution in [-0.4, -0.2) is 34.3 Å². The van der Waals surface area contributed by atoms with E-state index in [2.05, 4.69) is 41.6 Å². The Hall–Kier alpha value is -0.830. The molecule has 0 bridgehead atoms. The van der Waals surface area contributed by atoms with Crippen LogP contribution in [0.15, 0.2) is 12.4 Å². The summed E-state index contributed by atoms with van der Waals surface area (Å²) in [5.74, 6) is 1.49. The van der Waals surface area contributed by atoms with E-state index in [1.807, 2.05) is 6.20 Å². The Labute approximate surface area is 118 Å². The highest BCUT2D eigenvalue weighted by Gasteiger charge is 2.18. The molecule has 0 saturated carbocycles. The highest BCUT2D eigenvalue weighted by molar-refractivity contribution is 5.08. The monoisotopic (exact) mass is 263 g/mol. The molecule has 0 spiro atoms. The number of aromatic nitrogens is 2. The van der Waals surface area contributed by atoms with Crippen molar-refractivity contribution in [2.75, 3.05) is 19.6 Å². The molecule has 1 aliphatic rings. The van der Waals surface area contributed by atoms with Crippen LogP contribution in [0.1, 0.15) is 57.9 Å². The lowest BCUT2D eigenvalue weighted by Gasteiger charge is -2.31. The molecule has 1 fully saturated rings. The second kappa shape index (κ2) is 7.09. The lowest BCUT2D eigenvalue weighted by Crippen LogP contribution is -2.34. The van der Waals surface area contributed by atoms with Crippen LogP contribution in [-0.2, 0) is 6.54 Å². The zero-order valence-corrected chi connectivity index (χ0v) is 12.8. The lowest BCUT2D eigenvalue weighted by molar-refractivity contribution is 0.175. The summed E-state index contributed by atoms with van der Waals surface area (Å²) < 4.78 is 2.13. The molecule has 0 atom stereocenters. The van der Waals surface area contributed by atoms with Gasteiger partial charge in [0.2, 0.25) is 0 Å². The van der Waals surface area contributed by atoms with E-state index in [9.17, 15) is 0 Å². The Morgan fingerprint density at radius 2 is 2.00 bits per heavy atom. The van der Waals surface area contributed by atoms with Crippen molar-refractivity contribution in [2.45, 2.75) is 58.9 Å². The maximum atomic E-state index is 4.47. The van der Waals surface area contributed by atoms with E-state index in [1.165, 1.54) is 50.9 Å². The van der Waals surface area contributed by atoms with Crippen LogP contribution in [0.25, 0.3) is 0 Å². The molecule has 108 valence electrons. The number of piperidine rings is 1. The highest BCUT2D eigenvalue weighted by Crippen LogP contribution is 2.21. The number of nitrogens with zero attached hydrogens (tertiary/aromatic N) is 3. The van der Waals surface area contributed by atoms with Gasteiger partial charge in [0.05, 0.1) is 6.20 Å². The number of rotatable bonds is 6. The molecule has 1 aromatic heterocycles. The molecular formula is C16H29N3. The van der Waals surface area contributed by atoms with Gasteiger partial charge in [-0.2, -0.15) is 5.10 Å². The SMILES string of the molecule is CCCN1CCC(CCn2cc(C(C)C)cn2)CC1. The van der Waals surface area contributed by atoms with Gasteiger partial charge in [-0.3, -0.25) is 4.68 Å². The Morgan fingerprint density at radius 1 is 1.26 bits per heavy atom. The van der Waals surface area contributed by atoms with Crippen LogP contribution in [0.2, 0.25) is 0 Å². The summed E-state index contributed by atoms with van der Waals surface area (Å²) >= 11 is 0. The van der Waals surface area contributed by atoms with Crippen LogP contribution in [0.3, 0.4) is 0 Å². The van der Waals surface area contributed by atoms with Gasteiger partial charge < -0.3 is 4.90 Å². The molecule has 3 nitrogen and oxygen atoms in total. The molecule has 2 heterocycles. The first-order valence-electron chi connectivity index (χ1n) is 7.93. The van der Waals surface area contributed by atoms with Crippen molar-refractivity contribution in [1.82, 2.24) is 14.7 Å². The van der Waals surface area contributed by atoms with E-state index in [1.54, 1.807) is 0 Å². The van der Waals surface area contributed by atoms with Crippen LogP contribution in [0.4, 0.5) is 0 Å². The summed E-state index contributed by atoms with van der Waals surface area (Å²) in [5, 5.41) is 4.47. The van der Waals surface area contributed by atoms with Crippen LogP contribution in [0, 0.1) is 5.92 Å². The molecule has 3 heteroatoms. The van der Waals surface area contributed by atoms with Gasteiger partial charge in [0.25, 0.3) is 0 Å². The Kier molecular flexibility index (Phi) is 5.44. The molecule has 0 amide bonds. The lowest BCUT2D eigenvalue weighted by atomic mass is 9.93. The predicted octanol–water partition coefficient (Wildman–Crippen LogP) is 3.52. The first kappa shape index (κ1) is 14.6. The van der Waals surface area contributed by atoms with E-state index in [4.69, 9.17) is 0 Å². The van der Waals surface area contributed by atoms with Gasteiger partial charge in [-0.05, 0) is 62.7 Å². The predicted molar refractivity (Wildman–Crippen MR) is 80.4 cm³/mol. The zero-order valence-electron chi connectivity index (χ0n) is 12.8. The van der Waals surface area contributed by atoms with Crippen molar-refractivity contribution in [3.63, 3.8) is 0 Å². The quantitative estimate of drug-likeness (QED) is 0.783. The van der Waals surface area contributed by atoms with Gasteiger partial charge in [-0.25, -0.2) is 0 Å². The van der Waals surface area contributed by atoms with E-state index in [0.717, 1.165) is 12.5 Å². The number of hydrogen-bond donors (Lipinski definition) is 0. The molecule has 0 unspecified atom stereocenters. The Bertz CT molecular complexity index is 362. The average Bonchev–Trinajstić information content (AvgIpc) is 2.87. The van der Waals surface area contributed by atoms with Gasteiger partial charge in [0.1, 0.15) is 0 Å². The van der Waals surface area contributed by atoms with Gasteiger partial charge in [-0.15, -0.1) is 0 Å². The Balaban J connectivity index is 1.71. The van der Waals surface area contributed by atoms with E-state index >= 15 is 0 Å². The maximum absolute atomic E-state index is 4.47. The minimum absolute atomic E-state index is 0.589. The number of hydrogen-bond acceptors (Lipinski definition) is 2. The molecule has 0 aromatic carbocycles. The first-order chi connectivity index (χ1) is 9.19. The van der Waals surface area contributed by atoms with Crippen molar-refractivity contribution < 1.29 is 0 Å². The zero-order chi connectivity index (χ0) is 13.7. The molecule has 0 N–H and O–H groups in total. The molecule has 2 rings (SSSR count). The molecule has 19 heavy (non-hydrogen) atoms. The summed E-state index contributed by atoms with van der Waals surface area (Å²) in [6.07, 6.45) is 9.57. The fraction of sp³-hybridized carbons (Fsp3) is 0.812. The Morgan fingerprint density at radius 3 is 2.58 bits per heavy atom. The van der Waals surface area contributed by atoms with Crippen molar-refractivity contribution >= 4 is 0 Å². The number of likely N-dealkylation sites (tertiary alicyclic amines) is 1. The second-order valence-electron chi connectivity index (χ2n) is 6.27. The van der Waals surface area contributed by atoms with Crippen molar-refractivity contribution in [3.8, 4) is 0 Å². The molecule has 0 radical (unpaired) electrons. The summed E-state index contributed by atoms with van der Waals surface area (Å²) in [4.78, 5) is 2.61. The second-order valence-corrected chi connectivity index (χ2v) is 6.27. The molecule has 1 aliphatic heterocycles. The van der Waals surface area contributed by atoms with Gasteiger partial charge in [-0.1, -0.05) is 20.8 Å². The third-order valence-corrected chi connectivity index (χ3v) is 4.33. The van der Waals surface area contributed by atoms with Gasteiger partial charge in [0.15, 0.2) is 0 Å². The molecule has 1 saturated heterocycles. The van der Waals surface area contributed by atoms with Crippen molar-refractivity contribution in [2.24, 2.45) is 5.92 Å². The summed E-state index contributed by atoms with van der Waals surface area (Å²) in [5.41, 5.74) is 1.36. The third kappa shape index (κ3) is 4.34.